The average molecular weight is 876 g/mol. The fourth-order valence-electron chi connectivity index (χ4n) is 8.87. The third kappa shape index (κ3) is 22.4. The first kappa shape index (κ1) is 57.5. The van der Waals surface area contributed by atoms with E-state index < -0.39 is 0 Å². The monoisotopic (exact) mass is 876 g/mol. The van der Waals surface area contributed by atoms with Gasteiger partial charge in [-0.3, -0.25) is 0 Å². The van der Waals surface area contributed by atoms with Gasteiger partial charge in [0.05, 0.1) is 32.4 Å². The van der Waals surface area contributed by atoms with Gasteiger partial charge in [0.1, 0.15) is 5.75 Å². The molecule has 6 unspecified atom stereocenters. The highest BCUT2D eigenvalue weighted by Gasteiger charge is 2.19. The van der Waals surface area contributed by atoms with Crippen LogP contribution in [0.2, 0.25) is 0 Å². The van der Waals surface area contributed by atoms with Crippen molar-refractivity contribution in [2.45, 2.75) is 190 Å². The third-order valence-corrected chi connectivity index (χ3v) is 13.3. The molecular weight excluding hydrogens is 787 g/mol. The molecule has 354 valence electrons. The van der Waals surface area contributed by atoms with Crippen LogP contribution in [0.1, 0.15) is 198 Å². The topological polar surface area (TPSA) is 110 Å². The van der Waals surface area contributed by atoms with Crippen molar-refractivity contribution >= 4 is 0 Å². The predicted molar refractivity (Wildman–Crippen MR) is 270 cm³/mol. The molecule has 0 spiro atoms. The molecule has 0 amide bonds. The number of ether oxygens (including phenoxy) is 2. The highest BCUT2D eigenvalue weighted by Crippen LogP contribution is 2.35. The molecule has 0 bridgehead atoms. The van der Waals surface area contributed by atoms with Crippen molar-refractivity contribution in [3.63, 3.8) is 0 Å². The Kier molecular flexibility index (Phi) is 30.5. The molecule has 0 saturated carbocycles. The number of aryl methyl sites for hydroxylation is 1. The molecule has 0 radical (unpaired) electrons. The quantitative estimate of drug-likeness (QED) is 0.0764. The second kappa shape index (κ2) is 34.0. The zero-order valence-electron chi connectivity index (χ0n) is 42.5. The summed E-state index contributed by atoms with van der Waals surface area (Å²) in [4.78, 5) is 0. The molecule has 0 aliphatic carbocycles. The first-order valence-electron chi connectivity index (χ1n) is 24.9. The maximum absolute atomic E-state index is 9.79. The normalized spacial score (nSPS) is 13.7. The minimum Gasteiger partial charge on any atom is -0.504 e. The van der Waals surface area contributed by atoms with Crippen molar-refractivity contribution in [3.05, 3.63) is 88.5 Å². The smallest absolute Gasteiger partial charge is 0.163 e. The Hall–Kier alpha value is -4.47. The van der Waals surface area contributed by atoms with Gasteiger partial charge in [-0.15, -0.1) is 0 Å². The van der Waals surface area contributed by atoms with E-state index in [-0.39, 0.29) is 23.5 Å². The molecule has 0 fully saturated rings. The van der Waals surface area contributed by atoms with E-state index in [1.807, 2.05) is 26.0 Å². The standard InChI is InChI=1S/C20H31NO2.C19H29NO.C19H29N/c1-15(9-7-5-6-8-10-16(2)14-21)13-18-11-12-19(22)20(23-4)17(18)3;1-5-16(14-20)9-6-7-12-19(15(2)3)17-10-8-11-18(13-17)21-4;1-5-17(14-20)11-7-9-12-18(15(2)3)19-13-8-6-10-16(19)4/h11-12,15-16,22H,5-10,13H2,1-4H3;8,10-11,13,15-16,19H,5-7,9,12H2,1-4H3;6,8,10,13,15,17-18H,5,7,9,11-12H2,1-4H3. The van der Waals surface area contributed by atoms with E-state index in [0.29, 0.717) is 35.3 Å². The summed E-state index contributed by atoms with van der Waals surface area (Å²) in [7, 11) is 3.32. The van der Waals surface area contributed by atoms with Gasteiger partial charge < -0.3 is 14.6 Å². The molecule has 0 aliphatic heterocycles. The molecule has 6 heteroatoms. The Balaban J connectivity index is 0.000000481. The van der Waals surface area contributed by atoms with Crippen LogP contribution in [0.3, 0.4) is 0 Å². The van der Waals surface area contributed by atoms with Gasteiger partial charge in [0.25, 0.3) is 0 Å². The number of hydrogen-bond donors (Lipinski definition) is 1. The molecular formula is C58H89N3O3. The van der Waals surface area contributed by atoms with E-state index in [1.165, 1.54) is 80.0 Å². The Bertz CT molecular complexity index is 1810. The summed E-state index contributed by atoms with van der Waals surface area (Å²) in [6, 6.07) is 28.0. The van der Waals surface area contributed by atoms with Crippen LogP contribution >= 0.6 is 0 Å². The molecule has 0 aromatic heterocycles. The van der Waals surface area contributed by atoms with Crippen LogP contribution < -0.4 is 9.47 Å². The number of rotatable bonds is 27. The van der Waals surface area contributed by atoms with Gasteiger partial charge in [-0.25, -0.2) is 0 Å². The molecule has 64 heavy (non-hydrogen) atoms. The fourth-order valence-corrected chi connectivity index (χ4v) is 8.87. The largest absolute Gasteiger partial charge is 0.504 e. The maximum atomic E-state index is 9.79. The number of nitriles is 3. The number of unbranched alkanes of at least 4 members (excludes halogenated alkanes) is 5. The Morgan fingerprint density at radius 3 is 1.64 bits per heavy atom. The van der Waals surface area contributed by atoms with Gasteiger partial charge in [-0.2, -0.15) is 15.8 Å². The summed E-state index contributed by atoms with van der Waals surface area (Å²) in [6.45, 7) is 21.9. The minimum atomic E-state index is 0.196. The molecule has 1 N–H and O–H groups in total. The second-order valence-corrected chi connectivity index (χ2v) is 19.1. The highest BCUT2D eigenvalue weighted by molar-refractivity contribution is 5.49. The number of phenols is 1. The first-order valence-corrected chi connectivity index (χ1v) is 24.9. The Morgan fingerprint density at radius 1 is 0.578 bits per heavy atom. The van der Waals surface area contributed by atoms with E-state index in [4.69, 9.17) is 25.3 Å². The molecule has 3 aromatic rings. The van der Waals surface area contributed by atoms with Crippen molar-refractivity contribution in [2.24, 2.45) is 35.5 Å². The first-order chi connectivity index (χ1) is 30.7. The van der Waals surface area contributed by atoms with Crippen LogP contribution in [-0.2, 0) is 6.42 Å². The molecule has 6 atom stereocenters. The number of phenolic OH excluding ortho intramolecular Hbond substituents is 1. The van der Waals surface area contributed by atoms with Crippen molar-refractivity contribution in [2.75, 3.05) is 14.2 Å². The van der Waals surface area contributed by atoms with Gasteiger partial charge in [0, 0.05) is 17.8 Å². The molecule has 0 saturated heterocycles. The summed E-state index contributed by atoms with van der Waals surface area (Å²) in [6.07, 6.45) is 19.4. The lowest BCUT2D eigenvalue weighted by molar-refractivity contribution is 0.369. The summed E-state index contributed by atoms with van der Waals surface area (Å²) in [5, 5.41) is 36.5. The van der Waals surface area contributed by atoms with Crippen LogP contribution in [0.4, 0.5) is 0 Å². The van der Waals surface area contributed by atoms with Crippen LogP contribution in [-0.4, -0.2) is 19.3 Å². The lowest BCUT2D eigenvalue weighted by Crippen LogP contribution is -2.08. The van der Waals surface area contributed by atoms with Crippen LogP contribution in [0.25, 0.3) is 0 Å². The van der Waals surface area contributed by atoms with Gasteiger partial charge in [0.2, 0.25) is 0 Å². The number of nitrogens with zero attached hydrogens (tertiary/aromatic N) is 3. The third-order valence-electron chi connectivity index (χ3n) is 13.3. The SMILES string of the molecule is CCC(C#N)CCCCC(c1cccc(OC)c1)C(C)C.CCC(C#N)CCCCC(c1ccccc1C)C(C)C.COc1c(O)ccc(CC(C)CCCCCCC(C)C#N)c1C. The van der Waals surface area contributed by atoms with Gasteiger partial charge in [0.15, 0.2) is 11.5 Å². The van der Waals surface area contributed by atoms with E-state index in [9.17, 15) is 5.11 Å². The van der Waals surface area contributed by atoms with Crippen LogP contribution in [0.5, 0.6) is 17.2 Å². The van der Waals surface area contributed by atoms with E-state index in [0.717, 1.165) is 62.7 Å². The number of benzene rings is 3. The van der Waals surface area contributed by atoms with Crippen LogP contribution in [0.15, 0.2) is 60.7 Å². The molecule has 0 aliphatic rings. The summed E-state index contributed by atoms with van der Waals surface area (Å²) >= 11 is 0. The molecule has 3 rings (SSSR count). The van der Waals surface area contributed by atoms with Gasteiger partial charge >= 0.3 is 0 Å². The van der Waals surface area contributed by atoms with Gasteiger partial charge in [-0.05, 0) is 148 Å². The minimum absolute atomic E-state index is 0.196. The van der Waals surface area contributed by atoms with Crippen LogP contribution in [0, 0.1) is 83.3 Å². The predicted octanol–water partition coefficient (Wildman–Crippen LogP) is 16.8. The molecule has 0 heterocycles. The number of aromatic hydroxyl groups is 1. The lowest BCUT2D eigenvalue weighted by atomic mass is 9.82. The fraction of sp³-hybridized carbons (Fsp3) is 0.638. The summed E-state index contributed by atoms with van der Waals surface area (Å²) < 4.78 is 10.6. The van der Waals surface area contributed by atoms with Crippen molar-refractivity contribution in [3.8, 4) is 35.5 Å². The van der Waals surface area contributed by atoms with E-state index in [1.54, 1.807) is 20.3 Å². The zero-order valence-corrected chi connectivity index (χ0v) is 42.5. The highest BCUT2D eigenvalue weighted by atomic mass is 16.5. The van der Waals surface area contributed by atoms with E-state index >= 15 is 0 Å². The summed E-state index contributed by atoms with van der Waals surface area (Å²) in [5.41, 5.74) is 6.60. The number of hydrogen-bond acceptors (Lipinski definition) is 6. The maximum Gasteiger partial charge on any atom is 0.163 e. The van der Waals surface area contributed by atoms with E-state index in [2.05, 4.69) is 116 Å². The van der Waals surface area contributed by atoms with Gasteiger partial charge in [-0.1, -0.05) is 149 Å². The Morgan fingerprint density at radius 2 is 1.12 bits per heavy atom. The van der Waals surface area contributed by atoms with Crippen molar-refractivity contribution in [1.29, 1.82) is 15.8 Å². The van der Waals surface area contributed by atoms with Crippen molar-refractivity contribution in [1.82, 2.24) is 0 Å². The molecule has 6 nitrogen and oxygen atoms in total. The van der Waals surface area contributed by atoms with Crippen molar-refractivity contribution < 1.29 is 14.6 Å². The zero-order chi connectivity index (χ0) is 47.9. The second-order valence-electron chi connectivity index (χ2n) is 19.1. The lowest BCUT2D eigenvalue weighted by Gasteiger charge is -2.23. The average Bonchev–Trinajstić information content (AvgIpc) is 3.29. The Labute approximate surface area is 392 Å². The molecule has 3 aromatic carbocycles. The number of methoxy groups -OCH3 is 2. The summed E-state index contributed by atoms with van der Waals surface area (Å²) in [5.74, 6) is 5.58.